The standard InChI is InChI=1S/C16H12O6/c1-21-11-7-3-5-9-13(19)14(20)16(22-15(9)11)8-4-2-6-10(17)12(8)18/h2-7,17-18,20H,1H3. The highest BCUT2D eigenvalue weighted by atomic mass is 16.5. The third-order valence-electron chi connectivity index (χ3n) is 3.34. The van der Waals surface area contributed by atoms with Crippen LogP contribution in [0.1, 0.15) is 0 Å². The van der Waals surface area contributed by atoms with Gasteiger partial charge in [-0.1, -0.05) is 12.1 Å². The number of para-hydroxylation sites is 2. The van der Waals surface area contributed by atoms with E-state index in [1.54, 1.807) is 12.1 Å². The fraction of sp³-hybridized carbons (Fsp3) is 0.0625. The first-order chi connectivity index (χ1) is 10.5. The van der Waals surface area contributed by atoms with E-state index in [-0.39, 0.29) is 28.0 Å². The molecule has 112 valence electrons. The van der Waals surface area contributed by atoms with E-state index < -0.39 is 16.9 Å². The number of phenols is 2. The summed E-state index contributed by atoms with van der Waals surface area (Å²) in [6, 6.07) is 8.84. The second-order valence-electron chi connectivity index (χ2n) is 4.62. The molecule has 3 rings (SSSR count). The fourth-order valence-electron chi connectivity index (χ4n) is 2.24. The molecule has 0 amide bonds. The van der Waals surface area contributed by atoms with E-state index in [9.17, 15) is 20.1 Å². The van der Waals surface area contributed by atoms with Crippen molar-refractivity contribution in [1.29, 1.82) is 0 Å². The van der Waals surface area contributed by atoms with Crippen molar-refractivity contribution in [2.45, 2.75) is 0 Å². The molecule has 0 aliphatic carbocycles. The third kappa shape index (κ3) is 1.93. The third-order valence-corrected chi connectivity index (χ3v) is 3.34. The van der Waals surface area contributed by atoms with Crippen LogP contribution in [0.3, 0.4) is 0 Å². The number of fused-ring (bicyclic) bond motifs is 1. The Hall–Kier alpha value is -3.15. The van der Waals surface area contributed by atoms with Gasteiger partial charge < -0.3 is 24.5 Å². The number of phenolic OH excluding ortho intramolecular Hbond substituents is 2. The molecule has 0 aliphatic heterocycles. The van der Waals surface area contributed by atoms with Crippen molar-refractivity contribution in [2.75, 3.05) is 7.11 Å². The van der Waals surface area contributed by atoms with Gasteiger partial charge in [0.05, 0.1) is 18.1 Å². The van der Waals surface area contributed by atoms with Gasteiger partial charge in [0.2, 0.25) is 11.2 Å². The molecule has 22 heavy (non-hydrogen) atoms. The highest BCUT2D eigenvalue weighted by molar-refractivity contribution is 5.87. The van der Waals surface area contributed by atoms with Gasteiger partial charge in [-0.25, -0.2) is 0 Å². The molecule has 6 nitrogen and oxygen atoms in total. The Bertz CT molecular complexity index is 926. The Labute approximate surface area is 124 Å². The molecule has 0 aliphatic rings. The average molecular weight is 300 g/mol. The van der Waals surface area contributed by atoms with Crippen molar-refractivity contribution < 1.29 is 24.5 Å². The lowest BCUT2D eigenvalue weighted by molar-refractivity contribution is 0.398. The summed E-state index contributed by atoms with van der Waals surface area (Å²) in [5.74, 6) is -1.46. The topological polar surface area (TPSA) is 100 Å². The minimum absolute atomic E-state index is 0.00223. The maximum absolute atomic E-state index is 12.3. The molecule has 0 radical (unpaired) electrons. The number of rotatable bonds is 2. The first-order valence-corrected chi connectivity index (χ1v) is 6.38. The maximum Gasteiger partial charge on any atom is 0.235 e. The largest absolute Gasteiger partial charge is 0.504 e. The average Bonchev–Trinajstić information content (AvgIpc) is 2.53. The highest BCUT2D eigenvalue weighted by Gasteiger charge is 2.20. The normalized spacial score (nSPS) is 10.8. The number of methoxy groups -OCH3 is 1. The van der Waals surface area contributed by atoms with Gasteiger partial charge in [-0.05, 0) is 24.3 Å². The second-order valence-corrected chi connectivity index (χ2v) is 4.62. The number of ether oxygens (including phenoxy) is 1. The molecule has 3 aromatic rings. The van der Waals surface area contributed by atoms with Gasteiger partial charge in [-0.2, -0.15) is 0 Å². The zero-order valence-corrected chi connectivity index (χ0v) is 11.5. The summed E-state index contributed by atoms with van der Waals surface area (Å²) in [5.41, 5.74) is -0.508. The van der Waals surface area contributed by atoms with E-state index in [0.29, 0.717) is 5.75 Å². The summed E-state index contributed by atoms with van der Waals surface area (Å²) in [4.78, 5) is 12.3. The minimum atomic E-state index is -0.655. The van der Waals surface area contributed by atoms with E-state index in [1.807, 2.05) is 0 Å². The van der Waals surface area contributed by atoms with Crippen LogP contribution < -0.4 is 10.2 Å². The number of aromatic hydroxyl groups is 3. The van der Waals surface area contributed by atoms with Gasteiger partial charge >= 0.3 is 0 Å². The van der Waals surface area contributed by atoms with Crippen LogP contribution in [-0.2, 0) is 0 Å². The van der Waals surface area contributed by atoms with Crippen molar-refractivity contribution in [2.24, 2.45) is 0 Å². The molecule has 0 atom stereocenters. The Morgan fingerprint density at radius 2 is 1.73 bits per heavy atom. The lowest BCUT2D eigenvalue weighted by atomic mass is 10.1. The lowest BCUT2D eigenvalue weighted by Crippen LogP contribution is -2.03. The molecule has 0 saturated carbocycles. The molecule has 3 N–H and O–H groups in total. The molecule has 1 aromatic heterocycles. The highest BCUT2D eigenvalue weighted by Crippen LogP contribution is 2.41. The van der Waals surface area contributed by atoms with Gasteiger partial charge in [-0.15, -0.1) is 0 Å². The predicted molar refractivity (Wildman–Crippen MR) is 79.5 cm³/mol. The van der Waals surface area contributed by atoms with Crippen LogP contribution >= 0.6 is 0 Å². The Kier molecular flexibility index (Phi) is 3.14. The molecule has 0 bridgehead atoms. The number of hydrogen-bond donors (Lipinski definition) is 3. The van der Waals surface area contributed by atoms with Gasteiger partial charge in [-0.3, -0.25) is 4.79 Å². The minimum Gasteiger partial charge on any atom is -0.504 e. The molecular weight excluding hydrogens is 288 g/mol. The quantitative estimate of drug-likeness (QED) is 0.629. The van der Waals surface area contributed by atoms with Gasteiger partial charge in [0, 0.05) is 0 Å². The lowest BCUT2D eigenvalue weighted by Gasteiger charge is -2.10. The van der Waals surface area contributed by atoms with Crippen molar-refractivity contribution >= 4 is 11.0 Å². The zero-order chi connectivity index (χ0) is 15.9. The van der Waals surface area contributed by atoms with Crippen LogP contribution in [-0.4, -0.2) is 22.4 Å². The molecule has 0 saturated heterocycles. The number of benzene rings is 2. The Morgan fingerprint density at radius 3 is 2.45 bits per heavy atom. The maximum atomic E-state index is 12.3. The van der Waals surface area contributed by atoms with Crippen molar-refractivity contribution in [3.63, 3.8) is 0 Å². The van der Waals surface area contributed by atoms with Gasteiger partial charge in [0.25, 0.3) is 0 Å². The Morgan fingerprint density at radius 1 is 1.00 bits per heavy atom. The fourth-order valence-corrected chi connectivity index (χ4v) is 2.24. The summed E-state index contributed by atoms with van der Waals surface area (Å²) in [5, 5.41) is 29.7. The summed E-state index contributed by atoms with van der Waals surface area (Å²) in [7, 11) is 1.42. The van der Waals surface area contributed by atoms with Crippen LogP contribution in [0.5, 0.6) is 23.0 Å². The van der Waals surface area contributed by atoms with Crippen molar-refractivity contribution in [3.8, 4) is 34.3 Å². The molecule has 6 heteroatoms. The van der Waals surface area contributed by atoms with E-state index in [1.165, 1.54) is 31.4 Å². The van der Waals surface area contributed by atoms with Crippen LogP contribution in [0, 0.1) is 0 Å². The van der Waals surface area contributed by atoms with Gasteiger partial charge in [0.15, 0.2) is 28.6 Å². The molecule has 1 heterocycles. The van der Waals surface area contributed by atoms with E-state index in [2.05, 4.69) is 0 Å². The SMILES string of the molecule is COc1cccc2c(=O)c(O)c(-c3cccc(O)c3O)oc12. The monoisotopic (exact) mass is 300 g/mol. The smallest absolute Gasteiger partial charge is 0.235 e. The first kappa shape index (κ1) is 13.8. The first-order valence-electron chi connectivity index (χ1n) is 6.38. The van der Waals surface area contributed by atoms with Crippen LogP contribution in [0.2, 0.25) is 0 Å². The van der Waals surface area contributed by atoms with Crippen LogP contribution in [0.25, 0.3) is 22.3 Å². The summed E-state index contributed by atoms with van der Waals surface area (Å²) >= 11 is 0. The second kappa shape index (κ2) is 5.00. The van der Waals surface area contributed by atoms with Gasteiger partial charge in [0.1, 0.15) is 0 Å². The number of hydrogen-bond acceptors (Lipinski definition) is 6. The Balaban J connectivity index is 2.43. The predicted octanol–water partition coefficient (Wildman–Crippen LogP) is 2.59. The van der Waals surface area contributed by atoms with Crippen LogP contribution in [0.15, 0.2) is 45.6 Å². The molecule has 0 unspecified atom stereocenters. The van der Waals surface area contributed by atoms with E-state index in [0.717, 1.165) is 0 Å². The van der Waals surface area contributed by atoms with Crippen LogP contribution in [0.4, 0.5) is 0 Å². The van der Waals surface area contributed by atoms with Crippen molar-refractivity contribution in [3.05, 3.63) is 46.6 Å². The molecule has 0 fully saturated rings. The summed E-state index contributed by atoms with van der Waals surface area (Å²) in [6.45, 7) is 0. The van der Waals surface area contributed by atoms with Crippen molar-refractivity contribution in [1.82, 2.24) is 0 Å². The summed E-state index contributed by atoms with van der Waals surface area (Å²) < 4.78 is 10.7. The molecular formula is C16H12O6. The zero-order valence-electron chi connectivity index (χ0n) is 11.5. The van der Waals surface area contributed by atoms with E-state index in [4.69, 9.17) is 9.15 Å². The molecule has 2 aromatic carbocycles. The summed E-state index contributed by atoms with van der Waals surface area (Å²) in [6.07, 6.45) is 0. The molecule has 0 spiro atoms. The van der Waals surface area contributed by atoms with E-state index >= 15 is 0 Å².